The number of phenols is 1. The van der Waals surface area contributed by atoms with E-state index in [0.717, 1.165) is 16.8 Å². The molecule has 4 aromatic rings. The fourth-order valence-corrected chi connectivity index (χ4v) is 3.69. The third-order valence-corrected chi connectivity index (χ3v) is 5.06. The zero-order valence-corrected chi connectivity index (χ0v) is 15.9. The number of aryl methyl sites for hydroxylation is 1. The highest BCUT2D eigenvalue weighted by atomic mass is 35.5. The number of fused-ring (bicyclic) bond motifs is 1. The lowest BCUT2D eigenvalue weighted by Gasteiger charge is -2.12. The smallest absolute Gasteiger partial charge is 0.197 e. The SMILES string of the molecule is Cc1oc(Cl)c(C)c1-c1c(/C(N)=N/O)c2cccnc2n1-c1ccc(O)cc1. The molecule has 0 saturated carbocycles. The summed E-state index contributed by atoms with van der Waals surface area (Å²) in [6.07, 6.45) is 1.67. The van der Waals surface area contributed by atoms with Crippen molar-refractivity contribution in [2.75, 3.05) is 0 Å². The number of furan rings is 1. The Kier molecular flexibility index (Phi) is 4.24. The minimum Gasteiger partial charge on any atom is -0.508 e. The van der Waals surface area contributed by atoms with Crippen LogP contribution in [0.15, 0.2) is 52.2 Å². The summed E-state index contributed by atoms with van der Waals surface area (Å²) in [5.41, 5.74) is 10.0. The molecule has 4 rings (SSSR count). The molecule has 8 heteroatoms. The lowest BCUT2D eigenvalue weighted by Crippen LogP contribution is -2.14. The molecule has 0 amide bonds. The van der Waals surface area contributed by atoms with Gasteiger partial charge in [0.25, 0.3) is 0 Å². The predicted octanol–water partition coefficient (Wildman–Crippen LogP) is 4.36. The number of rotatable bonds is 3. The maximum atomic E-state index is 9.70. The second-order valence-corrected chi connectivity index (χ2v) is 6.71. The highest BCUT2D eigenvalue weighted by Crippen LogP contribution is 2.41. The van der Waals surface area contributed by atoms with Gasteiger partial charge in [-0.1, -0.05) is 5.16 Å². The van der Waals surface area contributed by atoms with Crippen LogP contribution < -0.4 is 5.73 Å². The van der Waals surface area contributed by atoms with Crippen molar-refractivity contribution in [2.45, 2.75) is 13.8 Å². The quantitative estimate of drug-likeness (QED) is 0.206. The maximum absolute atomic E-state index is 9.70. The maximum Gasteiger partial charge on any atom is 0.197 e. The summed E-state index contributed by atoms with van der Waals surface area (Å²) in [5.74, 6) is 0.684. The van der Waals surface area contributed by atoms with Crippen molar-refractivity contribution in [3.05, 3.63) is 64.7 Å². The second-order valence-electron chi connectivity index (χ2n) is 6.37. The number of aromatic hydroxyl groups is 1. The molecule has 0 atom stereocenters. The van der Waals surface area contributed by atoms with E-state index >= 15 is 0 Å². The average molecular weight is 397 g/mol. The second kappa shape index (κ2) is 6.61. The summed E-state index contributed by atoms with van der Waals surface area (Å²) >= 11 is 6.23. The van der Waals surface area contributed by atoms with Gasteiger partial charge in [0.1, 0.15) is 17.2 Å². The highest BCUT2D eigenvalue weighted by molar-refractivity contribution is 6.30. The minimum atomic E-state index is -0.0540. The number of oxime groups is 1. The molecule has 0 radical (unpaired) electrons. The molecule has 1 aromatic carbocycles. The van der Waals surface area contributed by atoms with Crippen molar-refractivity contribution in [3.63, 3.8) is 0 Å². The number of aromatic nitrogens is 2. The lowest BCUT2D eigenvalue weighted by atomic mass is 10.0. The van der Waals surface area contributed by atoms with E-state index in [1.165, 1.54) is 0 Å². The van der Waals surface area contributed by atoms with Gasteiger partial charge in [-0.15, -0.1) is 0 Å². The Morgan fingerprint density at radius 2 is 1.93 bits per heavy atom. The van der Waals surface area contributed by atoms with E-state index in [4.69, 9.17) is 21.8 Å². The van der Waals surface area contributed by atoms with Gasteiger partial charge < -0.3 is 20.5 Å². The van der Waals surface area contributed by atoms with Crippen molar-refractivity contribution in [1.82, 2.24) is 9.55 Å². The number of benzene rings is 1. The number of hydrogen-bond acceptors (Lipinski definition) is 5. The van der Waals surface area contributed by atoms with Gasteiger partial charge in [-0.3, -0.25) is 4.57 Å². The summed E-state index contributed by atoms with van der Waals surface area (Å²) in [4.78, 5) is 4.51. The van der Waals surface area contributed by atoms with Crippen LogP contribution in [0.3, 0.4) is 0 Å². The number of halogens is 1. The number of nitrogens with zero attached hydrogens (tertiary/aromatic N) is 3. The van der Waals surface area contributed by atoms with Crippen LogP contribution in [-0.2, 0) is 0 Å². The largest absolute Gasteiger partial charge is 0.508 e. The van der Waals surface area contributed by atoms with Crippen molar-refractivity contribution < 1.29 is 14.7 Å². The van der Waals surface area contributed by atoms with E-state index in [9.17, 15) is 10.3 Å². The Labute approximate surface area is 165 Å². The molecular weight excluding hydrogens is 380 g/mol. The molecule has 7 nitrogen and oxygen atoms in total. The van der Waals surface area contributed by atoms with E-state index in [1.54, 1.807) is 43.5 Å². The highest BCUT2D eigenvalue weighted by Gasteiger charge is 2.28. The van der Waals surface area contributed by atoms with Crippen LogP contribution in [0.5, 0.6) is 5.75 Å². The number of hydrogen-bond donors (Lipinski definition) is 3. The van der Waals surface area contributed by atoms with Crippen LogP contribution in [0.1, 0.15) is 16.9 Å². The van der Waals surface area contributed by atoms with E-state index < -0.39 is 0 Å². The van der Waals surface area contributed by atoms with E-state index in [0.29, 0.717) is 28.1 Å². The molecular formula is C20H17ClN4O3. The Hall–Kier alpha value is -3.45. The molecule has 0 spiro atoms. The standard InChI is InChI=1S/C20H17ClN4O3/c1-10-15(11(2)28-18(10)21)17-16(19(22)24-27)14-4-3-9-23-20(14)25(17)12-5-7-13(26)8-6-12/h3-9,26-27H,1-2H3,(H2,22,24). The first-order valence-electron chi connectivity index (χ1n) is 8.46. The third kappa shape index (κ3) is 2.59. The molecule has 0 saturated heterocycles. The van der Waals surface area contributed by atoms with E-state index in [2.05, 4.69) is 10.1 Å². The lowest BCUT2D eigenvalue weighted by molar-refractivity contribution is 0.318. The summed E-state index contributed by atoms with van der Waals surface area (Å²) < 4.78 is 7.50. The van der Waals surface area contributed by atoms with Crippen molar-refractivity contribution >= 4 is 28.5 Å². The average Bonchev–Trinajstić information content (AvgIpc) is 3.15. The summed E-state index contributed by atoms with van der Waals surface area (Å²) in [6.45, 7) is 3.65. The van der Waals surface area contributed by atoms with Gasteiger partial charge in [-0.25, -0.2) is 4.98 Å². The van der Waals surface area contributed by atoms with Crippen LogP contribution >= 0.6 is 11.6 Å². The molecule has 142 valence electrons. The molecule has 0 aliphatic heterocycles. The molecule has 3 heterocycles. The third-order valence-electron chi connectivity index (χ3n) is 4.70. The van der Waals surface area contributed by atoms with Crippen molar-refractivity contribution in [3.8, 4) is 22.7 Å². The zero-order chi connectivity index (χ0) is 20.0. The summed E-state index contributed by atoms with van der Waals surface area (Å²) in [5, 5.41) is 23.3. The molecule has 0 aliphatic carbocycles. The van der Waals surface area contributed by atoms with Crippen LogP contribution in [0.2, 0.25) is 5.22 Å². The topological polar surface area (TPSA) is 110 Å². The Morgan fingerprint density at radius 3 is 2.54 bits per heavy atom. The van der Waals surface area contributed by atoms with Gasteiger partial charge in [0.2, 0.25) is 0 Å². The van der Waals surface area contributed by atoms with Crippen LogP contribution in [0.4, 0.5) is 0 Å². The Morgan fingerprint density at radius 1 is 1.21 bits per heavy atom. The van der Waals surface area contributed by atoms with Crippen LogP contribution in [0.25, 0.3) is 28.0 Å². The first-order valence-corrected chi connectivity index (χ1v) is 8.84. The van der Waals surface area contributed by atoms with Gasteiger partial charge >= 0.3 is 0 Å². The van der Waals surface area contributed by atoms with Gasteiger partial charge in [0.15, 0.2) is 11.1 Å². The van der Waals surface area contributed by atoms with Crippen LogP contribution in [-0.4, -0.2) is 25.7 Å². The fraction of sp³-hybridized carbons (Fsp3) is 0.100. The number of nitrogens with two attached hydrogens (primary N) is 1. The number of amidine groups is 1. The normalized spacial score (nSPS) is 12.0. The zero-order valence-electron chi connectivity index (χ0n) is 15.1. The number of pyridine rings is 1. The molecule has 0 aliphatic rings. The van der Waals surface area contributed by atoms with Gasteiger partial charge in [-0.05, 0) is 61.8 Å². The van der Waals surface area contributed by atoms with Crippen molar-refractivity contribution in [2.24, 2.45) is 10.9 Å². The van der Waals surface area contributed by atoms with Gasteiger partial charge in [-0.2, -0.15) is 0 Å². The molecule has 3 aromatic heterocycles. The van der Waals surface area contributed by atoms with Gasteiger partial charge in [0, 0.05) is 28.4 Å². The monoisotopic (exact) mass is 396 g/mol. The Bertz CT molecular complexity index is 1220. The Balaban J connectivity index is 2.23. The predicted molar refractivity (Wildman–Crippen MR) is 107 cm³/mol. The first-order chi connectivity index (χ1) is 13.4. The summed E-state index contributed by atoms with van der Waals surface area (Å²) in [6, 6.07) is 10.3. The summed E-state index contributed by atoms with van der Waals surface area (Å²) in [7, 11) is 0. The van der Waals surface area contributed by atoms with Crippen LogP contribution in [0, 0.1) is 13.8 Å². The molecule has 0 fully saturated rings. The van der Waals surface area contributed by atoms with E-state index in [-0.39, 0.29) is 16.8 Å². The molecule has 0 bridgehead atoms. The minimum absolute atomic E-state index is 0.0540. The van der Waals surface area contributed by atoms with Crippen molar-refractivity contribution in [1.29, 1.82) is 0 Å². The van der Waals surface area contributed by atoms with Gasteiger partial charge in [0.05, 0.1) is 11.3 Å². The van der Waals surface area contributed by atoms with E-state index in [1.807, 2.05) is 17.6 Å². The molecule has 4 N–H and O–H groups in total. The molecule has 0 unspecified atom stereocenters. The first kappa shape index (κ1) is 17.9. The fourth-order valence-electron chi connectivity index (χ4n) is 3.48. The molecule has 28 heavy (non-hydrogen) atoms. The number of phenolic OH excluding ortho intramolecular Hbond substituents is 1.